The maximum atomic E-state index is 5.51. The van der Waals surface area contributed by atoms with Crippen molar-refractivity contribution in [1.29, 1.82) is 0 Å². The van der Waals surface area contributed by atoms with Gasteiger partial charge in [-0.3, -0.25) is 0 Å². The number of nitrogens with zero attached hydrogens (tertiary/aromatic N) is 7. The van der Waals surface area contributed by atoms with Gasteiger partial charge in [-0.05, 0) is 23.6 Å². The number of rotatable bonds is 4. The van der Waals surface area contributed by atoms with Crippen molar-refractivity contribution in [1.82, 2.24) is 25.1 Å². The topological polar surface area (TPSA) is 84.1 Å². The Hall–Kier alpha value is -3.33. The molecule has 140 valence electrons. The zero-order valence-electron chi connectivity index (χ0n) is 15.0. The second-order valence-corrected chi connectivity index (χ2v) is 7.14. The maximum absolute atomic E-state index is 5.51. The predicted octanol–water partition coefficient (Wildman–Crippen LogP) is 2.98. The molecule has 0 aliphatic carbocycles. The van der Waals surface area contributed by atoms with Gasteiger partial charge in [0.1, 0.15) is 23.5 Å². The van der Waals surface area contributed by atoms with E-state index in [1.807, 2.05) is 41.2 Å². The third-order valence-corrected chi connectivity index (χ3v) is 5.36. The van der Waals surface area contributed by atoms with Crippen LogP contribution in [-0.2, 0) is 0 Å². The molecule has 0 spiro atoms. The van der Waals surface area contributed by atoms with Gasteiger partial charge in [0.05, 0.1) is 0 Å². The van der Waals surface area contributed by atoms with Crippen LogP contribution in [0.1, 0.15) is 0 Å². The molecule has 0 amide bonds. The van der Waals surface area contributed by atoms with Crippen LogP contribution in [0.4, 0.5) is 11.6 Å². The predicted molar refractivity (Wildman–Crippen MR) is 107 cm³/mol. The number of piperazine rings is 1. The third-order valence-electron chi connectivity index (χ3n) is 4.68. The summed E-state index contributed by atoms with van der Waals surface area (Å²) in [5, 5.41) is 8.09. The van der Waals surface area contributed by atoms with Gasteiger partial charge in [0.25, 0.3) is 5.89 Å². The minimum atomic E-state index is 0.434. The van der Waals surface area contributed by atoms with Gasteiger partial charge < -0.3 is 14.3 Å². The average molecular weight is 391 g/mol. The molecular weight excluding hydrogens is 374 g/mol. The first kappa shape index (κ1) is 16.8. The second-order valence-electron chi connectivity index (χ2n) is 6.36. The SMILES string of the molecule is c1ccc(N2CCN(c3ncncc3-c3nc(-c4ccsc4)no3)CC2)nc1. The minimum absolute atomic E-state index is 0.434. The van der Waals surface area contributed by atoms with E-state index in [0.29, 0.717) is 11.7 Å². The molecule has 0 saturated carbocycles. The lowest BCUT2D eigenvalue weighted by Crippen LogP contribution is -2.47. The molecule has 0 unspecified atom stereocenters. The summed E-state index contributed by atoms with van der Waals surface area (Å²) in [6.07, 6.45) is 5.11. The molecule has 1 aliphatic heterocycles. The van der Waals surface area contributed by atoms with Gasteiger partial charge in [-0.2, -0.15) is 16.3 Å². The van der Waals surface area contributed by atoms with Crippen molar-refractivity contribution in [2.45, 2.75) is 0 Å². The Labute approximate surface area is 165 Å². The number of pyridine rings is 1. The summed E-state index contributed by atoms with van der Waals surface area (Å²) in [5.41, 5.74) is 1.70. The smallest absolute Gasteiger partial charge is 0.263 e. The Morgan fingerprint density at radius 2 is 1.89 bits per heavy atom. The Morgan fingerprint density at radius 3 is 2.68 bits per heavy atom. The lowest BCUT2D eigenvalue weighted by atomic mass is 10.2. The van der Waals surface area contributed by atoms with Crippen LogP contribution >= 0.6 is 11.3 Å². The molecule has 9 heteroatoms. The van der Waals surface area contributed by atoms with Crippen molar-refractivity contribution in [2.75, 3.05) is 36.0 Å². The van der Waals surface area contributed by atoms with Gasteiger partial charge in [0, 0.05) is 49.5 Å². The largest absolute Gasteiger partial charge is 0.353 e. The van der Waals surface area contributed by atoms with E-state index in [1.54, 1.807) is 23.9 Å². The molecule has 5 rings (SSSR count). The highest BCUT2D eigenvalue weighted by atomic mass is 32.1. The summed E-state index contributed by atoms with van der Waals surface area (Å²) >= 11 is 1.60. The fraction of sp³-hybridized carbons (Fsp3) is 0.211. The standard InChI is InChI=1S/C19H17N7OS/c1-2-5-21-16(3-1)25-6-8-26(9-7-25)18-15(11-20-13-22-18)19-23-17(24-27-19)14-4-10-28-12-14/h1-5,10-13H,6-9H2. The Bertz CT molecular complexity index is 1040. The monoisotopic (exact) mass is 391 g/mol. The summed E-state index contributed by atoms with van der Waals surface area (Å²) in [7, 11) is 0. The first-order valence-electron chi connectivity index (χ1n) is 8.96. The molecule has 1 fully saturated rings. The van der Waals surface area contributed by atoms with Crippen molar-refractivity contribution in [2.24, 2.45) is 0 Å². The summed E-state index contributed by atoms with van der Waals surface area (Å²) < 4.78 is 5.51. The van der Waals surface area contributed by atoms with E-state index in [1.165, 1.54) is 0 Å². The Balaban J connectivity index is 1.38. The number of hydrogen-bond acceptors (Lipinski definition) is 9. The van der Waals surface area contributed by atoms with E-state index in [9.17, 15) is 0 Å². The molecule has 1 saturated heterocycles. The van der Waals surface area contributed by atoms with Gasteiger partial charge in [-0.25, -0.2) is 15.0 Å². The average Bonchev–Trinajstić information content (AvgIpc) is 3.47. The fourth-order valence-electron chi connectivity index (χ4n) is 3.26. The van der Waals surface area contributed by atoms with Gasteiger partial charge >= 0.3 is 0 Å². The molecular formula is C19H17N7OS. The quantitative estimate of drug-likeness (QED) is 0.525. The maximum Gasteiger partial charge on any atom is 0.263 e. The summed E-state index contributed by atoms with van der Waals surface area (Å²) in [5.74, 6) is 2.83. The number of thiophene rings is 1. The Kier molecular flexibility index (Phi) is 4.42. The molecule has 0 N–H and O–H groups in total. The van der Waals surface area contributed by atoms with E-state index >= 15 is 0 Å². The zero-order valence-corrected chi connectivity index (χ0v) is 15.8. The molecule has 0 aromatic carbocycles. The molecule has 28 heavy (non-hydrogen) atoms. The van der Waals surface area contributed by atoms with E-state index in [4.69, 9.17) is 4.52 Å². The van der Waals surface area contributed by atoms with Gasteiger partial charge in [0.15, 0.2) is 0 Å². The highest BCUT2D eigenvalue weighted by Gasteiger charge is 2.24. The van der Waals surface area contributed by atoms with Crippen LogP contribution < -0.4 is 9.80 Å². The first-order valence-corrected chi connectivity index (χ1v) is 9.90. The number of hydrogen-bond donors (Lipinski definition) is 0. The lowest BCUT2D eigenvalue weighted by Gasteiger charge is -2.36. The van der Waals surface area contributed by atoms with E-state index in [0.717, 1.165) is 48.9 Å². The normalized spacial score (nSPS) is 14.4. The molecule has 0 bridgehead atoms. The van der Waals surface area contributed by atoms with Crippen molar-refractivity contribution in [3.05, 3.63) is 53.7 Å². The van der Waals surface area contributed by atoms with Crippen molar-refractivity contribution in [3.8, 4) is 22.8 Å². The van der Waals surface area contributed by atoms with E-state index < -0.39 is 0 Å². The van der Waals surface area contributed by atoms with Crippen LogP contribution in [0.5, 0.6) is 0 Å². The van der Waals surface area contributed by atoms with Crippen molar-refractivity contribution in [3.63, 3.8) is 0 Å². The molecule has 0 atom stereocenters. The molecule has 5 heterocycles. The highest BCUT2D eigenvalue weighted by molar-refractivity contribution is 7.08. The summed E-state index contributed by atoms with van der Waals surface area (Å²) in [6, 6.07) is 7.95. The van der Waals surface area contributed by atoms with E-state index in [-0.39, 0.29) is 0 Å². The lowest BCUT2D eigenvalue weighted by molar-refractivity contribution is 0.432. The molecule has 0 radical (unpaired) electrons. The molecule has 4 aromatic rings. The van der Waals surface area contributed by atoms with Gasteiger partial charge in [-0.1, -0.05) is 11.2 Å². The van der Waals surface area contributed by atoms with Gasteiger partial charge in [-0.15, -0.1) is 0 Å². The fourth-order valence-corrected chi connectivity index (χ4v) is 3.89. The summed E-state index contributed by atoms with van der Waals surface area (Å²) in [4.78, 5) is 22.2. The number of anilines is 2. The van der Waals surface area contributed by atoms with E-state index in [2.05, 4.69) is 34.9 Å². The van der Waals surface area contributed by atoms with Crippen LogP contribution in [0, 0.1) is 0 Å². The van der Waals surface area contributed by atoms with Crippen molar-refractivity contribution < 1.29 is 4.52 Å². The van der Waals surface area contributed by atoms with Crippen LogP contribution in [0.25, 0.3) is 22.8 Å². The highest BCUT2D eigenvalue weighted by Crippen LogP contribution is 2.30. The van der Waals surface area contributed by atoms with Crippen molar-refractivity contribution >= 4 is 23.0 Å². The molecule has 4 aromatic heterocycles. The van der Waals surface area contributed by atoms with Crippen LogP contribution in [0.15, 0.2) is 58.3 Å². The first-order chi connectivity index (χ1) is 13.9. The Morgan fingerprint density at radius 1 is 1.00 bits per heavy atom. The second kappa shape index (κ2) is 7.35. The minimum Gasteiger partial charge on any atom is -0.353 e. The van der Waals surface area contributed by atoms with Crippen LogP contribution in [-0.4, -0.2) is 51.3 Å². The zero-order chi connectivity index (χ0) is 18.8. The number of aromatic nitrogens is 5. The van der Waals surface area contributed by atoms with Crippen LogP contribution in [0.3, 0.4) is 0 Å². The molecule has 1 aliphatic rings. The van der Waals surface area contributed by atoms with Gasteiger partial charge in [0.2, 0.25) is 5.82 Å². The van der Waals surface area contributed by atoms with Crippen LogP contribution in [0.2, 0.25) is 0 Å². The third kappa shape index (κ3) is 3.20. The molecule has 8 nitrogen and oxygen atoms in total. The summed E-state index contributed by atoms with van der Waals surface area (Å²) in [6.45, 7) is 3.38.